The van der Waals surface area contributed by atoms with Crippen molar-refractivity contribution in [2.75, 3.05) is 9.80 Å². The summed E-state index contributed by atoms with van der Waals surface area (Å²) in [5.74, 6) is 0. The highest BCUT2D eigenvalue weighted by Gasteiger charge is 2.45. The highest BCUT2D eigenvalue weighted by Crippen LogP contribution is 2.51. The number of aromatic nitrogens is 1. The summed E-state index contributed by atoms with van der Waals surface area (Å²) >= 11 is 0. The van der Waals surface area contributed by atoms with Crippen LogP contribution in [-0.2, 0) is 10.8 Å². The summed E-state index contributed by atoms with van der Waals surface area (Å²) in [6.45, 7) is 13.7. The lowest BCUT2D eigenvalue weighted by atomic mass is 9.33. The second kappa shape index (κ2) is 20.4. The van der Waals surface area contributed by atoms with Crippen LogP contribution >= 0.6 is 0 Å². The van der Waals surface area contributed by atoms with Gasteiger partial charge in [-0.05, 0) is 168 Å². The minimum atomic E-state index is -0.204. The van der Waals surface area contributed by atoms with E-state index in [0.717, 1.165) is 95.4 Å². The number of nitrogens with zero attached hydrogens (tertiary/aromatic N) is 4. The molecule has 0 fully saturated rings. The van der Waals surface area contributed by atoms with Crippen LogP contribution in [0.4, 0.5) is 34.1 Å². The van der Waals surface area contributed by atoms with Crippen LogP contribution in [0.15, 0.2) is 273 Å². The Labute approximate surface area is 505 Å². The number of hydrogen-bond acceptors (Lipinski definition) is 3. The predicted molar refractivity (Wildman–Crippen MR) is 364 cm³/mol. The minimum Gasteiger partial charge on any atom is -0.311 e. The van der Waals surface area contributed by atoms with Gasteiger partial charge < -0.3 is 14.4 Å². The summed E-state index contributed by atoms with van der Waals surface area (Å²) in [6, 6.07) is 103. The van der Waals surface area contributed by atoms with Gasteiger partial charge in [0.25, 0.3) is 6.71 Å². The van der Waals surface area contributed by atoms with Crippen molar-refractivity contribution in [3.63, 3.8) is 0 Å². The van der Waals surface area contributed by atoms with Gasteiger partial charge in [0, 0.05) is 50.3 Å². The molecule has 2 aliphatic heterocycles. The second-order valence-corrected chi connectivity index (χ2v) is 25.3. The first-order chi connectivity index (χ1) is 41.9. The molecule has 3 heterocycles. The van der Waals surface area contributed by atoms with Crippen molar-refractivity contribution < 1.29 is 0 Å². The molecule has 0 bridgehead atoms. The molecule has 2 aliphatic rings. The molecule has 410 valence electrons. The van der Waals surface area contributed by atoms with Crippen LogP contribution in [0.25, 0.3) is 83.1 Å². The third-order valence-electron chi connectivity index (χ3n) is 17.9. The standard InChI is InChI=1S/C81H63BN4/c1-80(2,3)62-35-42-73-67(49-62)68-50-63(81(4,5)6)36-43-74(68)84(73)64-37-38-69-76(51-64)86(72-40-33-59(54-22-12-7-13-23-54)45-66(72)58-30-20-11-21-31-58)78-48-61(56-26-16-9-17-27-56)47-77-79(78)82(69)70-46-60(55-24-14-8-15-25-55)34-41-75(70)85(77)71-39-32-53(52-83)44-65(71)57-28-18-10-19-29-57/h7-51H,1-6H3. The molecule has 12 aromatic carbocycles. The molecule has 15 rings (SSSR count). The summed E-state index contributed by atoms with van der Waals surface area (Å²) in [4.78, 5) is 5.10. The zero-order chi connectivity index (χ0) is 58.4. The first-order valence-corrected chi connectivity index (χ1v) is 30.0. The van der Waals surface area contributed by atoms with Gasteiger partial charge >= 0.3 is 0 Å². The molecule has 0 atom stereocenters. The summed E-state index contributed by atoms with van der Waals surface area (Å²) in [5, 5.41) is 13.1. The average molecular weight is 1100 g/mol. The number of fused-ring (bicyclic) bond motifs is 7. The largest absolute Gasteiger partial charge is 0.311 e. The second-order valence-electron chi connectivity index (χ2n) is 25.3. The van der Waals surface area contributed by atoms with E-state index in [1.54, 1.807) is 0 Å². The zero-order valence-electron chi connectivity index (χ0n) is 49.3. The van der Waals surface area contributed by atoms with Crippen LogP contribution in [-0.4, -0.2) is 11.3 Å². The maximum atomic E-state index is 10.5. The Morgan fingerprint density at radius 2 is 0.767 bits per heavy atom. The molecule has 86 heavy (non-hydrogen) atoms. The Kier molecular flexibility index (Phi) is 12.5. The molecular weight excluding hydrogens is 1040 g/mol. The Morgan fingerprint density at radius 1 is 0.326 bits per heavy atom. The van der Waals surface area contributed by atoms with Crippen molar-refractivity contribution in [2.24, 2.45) is 0 Å². The number of anilines is 6. The highest BCUT2D eigenvalue weighted by molar-refractivity contribution is 7.00. The van der Waals surface area contributed by atoms with E-state index in [0.29, 0.717) is 5.56 Å². The monoisotopic (exact) mass is 1100 g/mol. The quantitative estimate of drug-likeness (QED) is 0.142. The Balaban J connectivity index is 1.09. The minimum absolute atomic E-state index is 0.0383. The van der Waals surface area contributed by atoms with E-state index >= 15 is 0 Å². The lowest BCUT2D eigenvalue weighted by molar-refractivity contribution is 0.590. The van der Waals surface area contributed by atoms with Gasteiger partial charge in [-0.3, -0.25) is 0 Å². The van der Waals surface area contributed by atoms with Crippen LogP contribution in [0.3, 0.4) is 0 Å². The van der Waals surface area contributed by atoms with Crippen LogP contribution in [0.1, 0.15) is 58.2 Å². The fraction of sp³-hybridized carbons (Fsp3) is 0.0988. The Bertz CT molecular complexity index is 4760. The van der Waals surface area contributed by atoms with Gasteiger partial charge in [0.2, 0.25) is 0 Å². The molecule has 13 aromatic rings. The van der Waals surface area contributed by atoms with Crippen LogP contribution in [0.2, 0.25) is 0 Å². The summed E-state index contributed by atoms with van der Waals surface area (Å²) in [6.07, 6.45) is 0. The fourth-order valence-corrected chi connectivity index (χ4v) is 13.5. The number of rotatable bonds is 8. The van der Waals surface area contributed by atoms with Gasteiger partial charge in [-0.15, -0.1) is 0 Å². The van der Waals surface area contributed by atoms with E-state index < -0.39 is 0 Å². The van der Waals surface area contributed by atoms with Crippen molar-refractivity contribution in [3.05, 3.63) is 290 Å². The molecule has 0 spiro atoms. The van der Waals surface area contributed by atoms with Gasteiger partial charge in [0.05, 0.1) is 34.0 Å². The molecule has 0 saturated heterocycles. The van der Waals surface area contributed by atoms with Gasteiger partial charge in [0.15, 0.2) is 0 Å². The molecule has 0 amide bonds. The van der Waals surface area contributed by atoms with E-state index in [1.807, 2.05) is 6.07 Å². The molecular formula is C81H63BN4. The third-order valence-corrected chi connectivity index (χ3v) is 17.9. The molecule has 0 aliphatic carbocycles. The molecule has 0 unspecified atom stereocenters. The van der Waals surface area contributed by atoms with E-state index in [4.69, 9.17) is 0 Å². The Morgan fingerprint density at radius 3 is 1.27 bits per heavy atom. The van der Waals surface area contributed by atoms with Crippen LogP contribution in [0.5, 0.6) is 0 Å². The topological polar surface area (TPSA) is 35.2 Å². The zero-order valence-corrected chi connectivity index (χ0v) is 49.3. The lowest BCUT2D eigenvalue weighted by Gasteiger charge is -2.45. The van der Waals surface area contributed by atoms with E-state index in [1.165, 1.54) is 49.3 Å². The van der Waals surface area contributed by atoms with Crippen molar-refractivity contribution in [3.8, 4) is 67.4 Å². The smallest absolute Gasteiger partial charge is 0.252 e. The maximum absolute atomic E-state index is 10.5. The van der Waals surface area contributed by atoms with Crippen molar-refractivity contribution in [1.29, 1.82) is 5.26 Å². The summed E-state index contributed by atoms with van der Waals surface area (Å²) in [5.41, 5.74) is 27.8. The van der Waals surface area contributed by atoms with Gasteiger partial charge in [-0.2, -0.15) is 5.26 Å². The fourth-order valence-electron chi connectivity index (χ4n) is 13.5. The summed E-state index contributed by atoms with van der Waals surface area (Å²) < 4.78 is 2.51. The van der Waals surface area contributed by atoms with Crippen molar-refractivity contribution >= 4 is 79.0 Å². The number of hydrogen-bond donors (Lipinski definition) is 0. The Hall–Kier alpha value is -10.4. The highest BCUT2D eigenvalue weighted by atomic mass is 15.2. The molecule has 1 aromatic heterocycles. The first kappa shape index (κ1) is 52.4. The SMILES string of the molecule is CC(C)(C)c1ccc2c(c1)c1cc(C(C)(C)C)ccc1n2-c1ccc2c(c1)N(c1ccc(-c3ccccc3)cc1-c1ccccc1)c1cc(-c3ccccc3)cc3c1B2c1cc(-c2ccccc2)ccc1N3c1ccc(C#N)cc1-c1ccccc1. The summed E-state index contributed by atoms with van der Waals surface area (Å²) in [7, 11) is 0. The van der Waals surface area contributed by atoms with Crippen LogP contribution in [0, 0.1) is 11.3 Å². The molecule has 0 radical (unpaired) electrons. The molecule has 4 nitrogen and oxygen atoms in total. The van der Waals surface area contributed by atoms with Crippen molar-refractivity contribution in [2.45, 2.75) is 52.4 Å². The maximum Gasteiger partial charge on any atom is 0.252 e. The third kappa shape index (κ3) is 8.83. The van der Waals surface area contributed by atoms with Gasteiger partial charge in [-0.25, -0.2) is 0 Å². The van der Waals surface area contributed by atoms with Crippen molar-refractivity contribution in [1.82, 2.24) is 4.57 Å². The molecule has 0 saturated carbocycles. The predicted octanol–water partition coefficient (Wildman–Crippen LogP) is 19.7. The van der Waals surface area contributed by atoms with E-state index in [9.17, 15) is 5.26 Å². The lowest BCUT2D eigenvalue weighted by Crippen LogP contribution is -2.61. The molecule has 5 heteroatoms. The van der Waals surface area contributed by atoms with Crippen LogP contribution < -0.4 is 26.2 Å². The molecule has 0 N–H and O–H groups in total. The number of benzene rings is 12. The average Bonchev–Trinajstić information content (AvgIpc) is 0.752. The van der Waals surface area contributed by atoms with Gasteiger partial charge in [-0.1, -0.05) is 230 Å². The normalized spacial score (nSPS) is 12.7. The van der Waals surface area contributed by atoms with E-state index in [2.05, 4.69) is 329 Å². The number of nitriles is 1. The van der Waals surface area contributed by atoms with E-state index in [-0.39, 0.29) is 17.5 Å². The van der Waals surface area contributed by atoms with Gasteiger partial charge in [0.1, 0.15) is 0 Å². The first-order valence-electron chi connectivity index (χ1n) is 30.0.